The Labute approximate surface area is 82.1 Å². The van der Waals surface area contributed by atoms with Crippen LogP contribution in [0.1, 0.15) is 17.1 Å². The fourth-order valence-electron chi connectivity index (χ4n) is 1.45. The molecule has 1 aromatic rings. The molecule has 1 N–H and O–H groups in total. The summed E-state index contributed by atoms with van der Waals surface area (Å²) in [7, 11) is 0. The maximum atomic E-state index is 5.68. The van der Waals surface area contributed by atoms with Gasteiger partial charge in [-0.1, -0.05) is 0 Å². The quantitative estimate of drug-likeness (QED) is 0.795. The average Bonchev–Trinajstić information content (AvgIpc) is 2.71. The highest BCUT2D eigenvalue weighted by molar-refractivity contribution is 7.09. The summed E-state index contributed by atoms with van der Waals surface area (Å²) in [4.78, 5) is 4.34. The summed E-state index contributed by atoms with van der Waals surface area (Å²) in [5.41, 5.74) is 1.06. The van der Waals surface area contributed by atoms with E-state index in [1.807, 2.05) is 6.92 Å². The predicted molar refractivity (Wildman–Crippen MR) is 52.9 cm³/mol. The molecule has 0 saturated carbocycles. The molecule has 1 fully saturated rings. The lowest BCUT2D eigenvalue weighted by atomic mass is 10.3. The van der Waals surface area contributed by atoms with E-state index in [1.54, 1.807) is 11.3 Å². The first-order chi connectivity index (χ1) is 6.34. The Bertz CT molecular complexity index is 268. The van der Waals surface area contributed by atoms with Crippen LogP contribution in [0.25, 0.3) is 0 Å². The molecule has 72 valence electrons. The molecule has 0 bridgehead atoms. The molecule has 2 heterocycles. The van der Waals surface area contributed by atoms with Crippen molar-refractivity contribution in [3.8, 4) is 0 Å². The van der Waals surface area contributed by atoms with Gasteiger partial charge < -0.3 is 10.1 Å². The molecule has 13 heavy (non-hydrogen) atoms. The topological polar surface area (TPSA) is 34.1 Å². The summed E-state index contributed by atoms with van der Waals surface area (Å²) in [6.45, 7) is 4.76. The van der Waals surface area contributed by atoms with Gasteiger partial charge in [0.2, 0.25) is 0 Å². The van der Waals surface area contributed by atoms with Crippen molar-refractivity contribution in [2.45, 2.75) is 26.1 Å². The van der Waals surface area contributed by atoms with Crippen LogP contribution >= 0.6 is 11.3 Å². The largest absolute Gasteiger partial charge is 0.371 e. The molecule has 3 nitrogen and oxygen atoms in total. The third-order valence-corrected chi connectivity index (χ3v) is 2.97. The van der Waals surface area contributed by atoms with Crippen molar-refractivity contribution in [2.24, 2.45) is 0 Å². The van der Waals surface area contributed by atoms with Crippen molar-refractivity contribution < 1.29 is 4.74 Å². The highest BCUT2D eigenvalue weighted by Gasteiger charge is 2.14. The number of aromatic nitrogens is 1. The van der Waals surface area contributed by atoms with Crippen molar-refractivity contribution in [3.05, 3.63) is 16.1 Å². The number of hydrogen-bond donors (Lipinski definition) is 1. The molecule has 0 aromatic carbocycles. The van der Waals surface area contributed by atoms with Crippen LogP contribution in [0.15, 0.2) is 5.38 Å². The van der Waals surface area contributed by atoms with Gasteiger partial charge in [-0.2, -0.15) is 0 Å². The molecule has 1 atom stereocenters. The van der Waals surface area contributed by atoms with Gasteiger partial charge in [0.1, 0.15) is 0 Å². The van der Waals surface area contributed by atoms with Crippen molar-refractivity contribution in [1.82, 2.24) is 10.3 Å². The van der Waals surface area contributed by atoms with Gasteiger partial charge in [0, 0.05) is 11.9 Å². The molecule has 1 aliphatic heterocycles. The molecule has 0 aliphatic carbocycles. The molecule has 2 rings (SSSR count). The summed E-state index contributed by atoms with van der Waals surface area (Å²) in [6.07, 6.45) is 1.52. The molecule has 1 aromatic heterocycles. The van der Waals surface area contributed by atoms with Crippen molar-refractivity contribution in [1.29, 1.82) is 0 Å². The van der Waals surface area contributed by atoms with Crippen LogP contribution < -0.4 is 5.32 Å². The second-order valence-corrected chi connectivity index (χ2v) is 4.35. The smallest absolute Gasteiger partial charge is 0.0900 e. The molecule has 0 amide bonds. The van der Waals surface area contributed by atoms with E-state index in [0.29, 0.717) is 12.7 Å². The minimum atomic E-state index is 0.391. The lowest BCUT2D eigenvalue weighted by Gasteiger charge is -2.07. The number of aryl methyl sites for hydroxylation is 1. The Morgan fingerprint density at radius 2 is 2.69 bits per heavy atom. The van der Waals surface area contributed by atoms with Gasteiger partial charge in [0.15, 0.2) is 0 Å². The predicted octanol–water partition coefficient (Wildman–Crippen LogP) is 1.33. The standard InChI is InChI=1S/C9H14N2OS/c1-7-11-8(6-13-7)5-12-9-2-3-10-4-9/h6,9-10H,2-5H2,1H3. The molecule has 0 radical (unpaired) electrons. The van der Waals surface area contributed by atoms with Crippen LogP contribution in [0.4, 0.5) is 0 Å². The summed E-state index contributed by atoms with van der Waals surface area (Å²) in [5, 5.41) is 6.45. The minimum Gasteiger partial charge on any atom is -0.371 e. The van der Waals surface area contributed by atoms with Crippen molar-refractivity contribution in [3.63, 3.8) is 0 Å². The molecule has 1 saturated heterocycles. The number of hydrogen-bond acceptors (Lipinski definition) is 4. The fourth-order valence-corrected chi connectivity index (χ4v) is 2.05. The van der Waals surface area contributed by atoms with Crippen LogP contribution in [0.5, 0.6) is 0 Å². The number of nitrogens with zero attached hydrogens (tertiary/aromatic N) is 1. The molecule has 1 unspecified atom stereocenters. The minimum absolute atomic E-state index is 0.391. The lowest BCUT2D eigenvalue weighted by molar-refractivity contribution is 0.0525. The lowest BCUT2D eigenvalue weighted by Crippen LogP contribution is -2.16. The second kappa shape index (κ2) is 4.17. The van der Waals surface area contributed by atoms with Gasteiger partial charge in [-0.05, 0) is 19.9 Å². The van der Waals surface area contributed by atoms with E-state index in [0.717, 1.165) is 30.2 Å². The van der Waals surface area contributed by atoms with Gasteiger partial charge in [-0.25, -0.2) is 4.98 Å². The van der Waals surface area contributed by atoms with E-state index in [2.05, 4.69) is 15.7 Å². The Kier molecular flexibility index (Phi) is 2.93. The Balaban J connectivity index is 1.78. The zero-order valence-corrected chi connectivity index (χ0v) is 8.56. The van der Waals surface area contributed by atoms with E-state index in [1.165, 1.54) is 0 Å². The maximum Gasteiger partial charge on any atom is 0.0900 e. The molecular formula is C9H14N2OS. The van der Waals surface area contributed by atoms with Crippen LogP contribution in [0, 0.1) is 6.92 Å². The zero-order valence-electron chi connectivity index (χ0n) is 7.75. The van der Waals surface area contributed by atoms with Gasteiger partial charge in [0.25, 0.3) is 0 Å². The van der Waals surface area contributed by atoms with Gasteiger partial charge in [-0.3, -0.25) is 0 Å². The highest BCUT2D eigenvalue weighted by atomic mass is 32.1. The molecule has 4 heteroatoms. The van der Waals surface area contributed by atoms with E-state index in [9.17, 15) is 0 Å². The van der Waals surface area contributed by atoms with Gasteiger partial charge in [-0.15, -0.1) is 11.3 Å². The van der Waals surface area contributed by atoms with Crippen LogP contribution in [-0.4, -0.2) is 24.2 Å². The monoisotopic (exact) mass is 198 g/mol. The summed E-state index contributed by atoms with van der Waals surface area (Å²) in [5.74, 6) is 0. The first kappa shape index (κ1) is 9.12. The molecular weight excluding hydrogens is 184 g/mol. The normalized spacial score (nSPS) is 22.4. The van der Waals surface area contributed by atoms with E-state index in [-0.39, 0.29) is 0 Å². The SMILES string of the molecule is Cc1nc(COC2CCNC2)cs1. The van der Waals surface area contributed by atoms with Crippen LogP contribution in [0.2, 0.25) is 0 Å². The van der Waals surface area contributed by atoms with Gasteiger partial charge >= 0.3 is 0 Å². The highest BCUT2D eigenvalue weighted by Crippen LogP contribution is 2.11. The Hall–Kier alpha value is -0.450. The third-order valence-electron chi connectivity index (χ3n) is 2.15. The second-order valence-electron chi connectivity index (χ2n) is 3.28. The average molecular weight is 198 g/mol. The van der Waals surface area contributed by atoms with Crippen molar-refractivity contribution in [2.75, 3.05) is 13.1 Å². The van der Waals surface area contributed by atoms with Crippen molar-refractivity contribution >= 4 is 11.3 Å². The number of nitrogens with one attached hydrogen (secondary N) is 1. The first-order valence-electron chi connectivity index (χ1n) is 4.58. The third kappa shape index (κ3) is 2.49. The number of rotatable bonds is 3. The first-order valence-corrected chi connectivity index (χ1v) is 5.46. The molecule has 0 spiro atoms. The molecule has 1 aliphatic rings. The van der Waals surface area contributed by atoms with Crippen LogP contribution in [0.3, 0.4) is 0 Å². The summed E-state index contributed by atoms with van der Waals surface area (Å²) >= 11 is 1.68. The Morgan fingerprint density at radius 3 is 3.31 bits per heavy atom. The summed E-state index contributed by atoms with van der Waals surface area (Å²) < 4.78 is 5.68. The van der Waals surface area contributed by atoms with E-state index >= 15 is 0 Å². The number of ether oxygens (including phenoxy) is 1. The van der Waals surface area contributed by atoms with Gasteiger partial charge in [0.05, 0.1) is 23.4 Å². The number of thiazole rings is 1. The Morgan fingerprint density at radius 1 is 1.77 bits per heavy atom. The van der Waals surface area contributed by atoms with Crippen LogP contribution in [-0.2, 0) is 11.3 Å². The summed E-state index contributed by atoms with van der Waals surface area (Å²) in [6, 6.07) is 0. The maximum absolute atomic E-state index is 5.68. The van der Waals surface area contributed by atoms with E-state index in [4.69, 9.17) is 4.74 Å². The van der Waals surface area contributed by atoms with E-state index < -0.39 is 0 Å². The zero-order chi connectivity index (χ0) is 9.10. The fraction of sp³-hybridized carbons (Fsp3) is 0.667.